The molecule has 156 valence electrons. The maximum Gasteiger partial charge on any atom is 0.244 e. The van der Waals surface area contributed by atoms with Crippen LogP contribution in [0.3, 0.4) is 0 Å². The predicted molar refractivity (Wildman–Crippen MR) is 118 cm³/mol. The molecule has 0 spiro atoms. The normalized spacial score (nSPS) is 12.1. The van der Waals surface area contributed by atoms with Crippen molar-refractivity contribution >= 4 is 12.0 Å². The molecule has 3 aromatic rings. The highest BCUT2D eigenvalue weighted by Gasteiger charge is 2.11. The SMILES string of the molecule is CCc1cn(-c2ccc(C=CC(=O)N[C@H](CO)Cc3ccccc3)cc2OC)cn1. The first-order chi connectivity index (χ1) is 14.6. The van der Waals surface area contributed by atoms with Crippen LogP contribution in [-0.2, 0) is 17.6 Å². The Morgan fingerprint density at radius 2 is 2.07 bits per heavy atom. The van der Waals surface area contributed by atoms with Gasteiger partial charge in [-0.15, -0.1) is 0 Å². The Hall–Kier alpha value is -3.38. The Morgan fingerprint density at radius 3 is 2.73 bits per heavy atom. The molecule has 30 heavy (non-hydrogen) atoms. The molecule has 2 N–H and O–H groups in total. The first kappa shape index (κ1) is 21.3. The van der Waals surface area contributed by atoms with Crippen molar-refractivity contribution in [3.63, 3.8) is 0 Å². The number of imidazole rings is 1. The summed E-state index contributed by atoms with van der Waals surface area (Å²) in [6.07, 6.45) is 8.37. The van der Waals surface area contributed by atoms with Crippen LogP contribution in [0.15, 0.2) is 67.1 Å². The van der Waals surface area contributed by atoms with E-state index in [2.05, 4.69) is 17.2 Å². The number of nitrogens with one attached hydrogen (secondary N) is 1. The lowest BCUT2D eigenvalue weighted by Crippen LogP contribution is -2.38. The molecule has 0 unspecified atom stereocenters. The van der Waals surface area contributed by atoms with Crippen LogP contribution in [0.5, 0.6) is 5.75 Å². The average Bonchev–Trinajstić information content (AvgIpc) is 3.27. The van der Waals surface area contributed by atoms with Gasteiger partial charge in [-0.2, -0.15) is 0 Å². The Balaban J connectivity index is 1.66. The monoisotopic (exact) mass is 405 g/mol. The Labute approximate surface area is 176 Å². The third-order valence-electron chi connectivity index (χ3n) is 4.80. The van der Waals surface area contributed by atoms with E-state index in [1.165, 1.54) is 6.08 Å². The van der Waals surface area contributed by atoms with Gasteiger partial charge in [0.1, 0.15) is 5.75 Å². The van der Waals surface area contributed by atoms with Crippen LogP contribution in [0.2, 0.25) is 0 Å². The first-order valence-corrected chi connectivity index (χ1v) is 9.97. The Bertz CT molecular complexity index is 996. The summed E-state index contributed by atoms with van der Waals surface area (Å²) in [5.74, 6) is 0.435. The summed E-state index contributed by atoms with van der Waals surface area (Å²) in [6.45, 7) is 1.94. The van der Waals surface area contributed by atoms with Gasteiger partial charge in [0, 0.05) is 12.3 Å². The lowest BCUT2D eigenvalue weighted by molar-refractivity contribution is -0.117. The molecule has 1 atom stereocenters. The van der Waals surface area contributed by atoms with Crippen molar-refractivity contribution in [3.05, 3.63) is 84.0 Å². The zero-order valence-electron chi connectivity index (χ0n) is 17.3. The summed E-state index contributed by atoms with van der Waals surface area (Å²) in [6, 6.07) is 15.2. The third-order valence-corrected chi connectivity index (χ3v) is 4.80. The molecule has 3 rings (SSSR count). The lowest BCUT2D eigenvalue weighted by Gasteiger charge is -2.15. The van der Waals surface area contributed by atoms with Crippen LogP contribution in [0, 0.1) is 0 Å². The number of hydrogen-bond donors (Lipinski definition) is 2. The number of aryl methyl sites for hydroxylation is 1. The van der Waals surface area contributed by atoms with Crippen LogP contribution in [0.1, 0.15) is 23.7 Å². The van der Waals surface area contributed by atoms with Crippen LogP contribution in [0.4, 0.5) is 0 Å². The number of rotatable bonds is 9. The average molecular weight is 405 g/mol. The number of methoxy groups -OCH3 is 1. The number of carbonyl (C=O) groups excluding carboxylic acids is 1. The fourth-order valence-corrected chi connectivity index (χ4v) is 3.17. The van der Waals surface area contributed by atoms with E-state index in [1.54, 1.807) is 19.5 Å². The van der Waals surface area contributed by atoms with Gasteiger partial charge in [0.25, 0.3) is 0 Å². The molecule has 0 aliphatic carbocycles. The molecule has 0 aliphatic heterocycles. The van der Waals surface area contributed by atoms with E-state index in [-0.39, 0.29) is 18.6 Å². The zero-order valence-corrected chi connectivity index (χ0v) is 17.3. The number of aliphatic hydroxyl groups is 1. The van der Waals surface area contributed by atoms with E-state index in [4.69, 9.17) is 4.74 Å². The van der Waals surface area contributed by atoms with Crippen LogP contribution >= 0.6 is 0 Å². The molecule has 0 saturated carbocycles. The summed E-state index contributed by atoms with van der Waals surface area (Å²) in [7, 11) is 1.62. The number of benzene rings is 2. The predicted octanol–water partition coefficient (Wildman–Crippen LogP) is 3.18. The summed E-state index contributed by atoms with van der Waals surface area (Å²) < 4.78 is 7.45. The summed E-state index contributed by atoms with van der Waals surface area (Å²) in [5.41, 5.74) is 3.79. The van der Waals surface area contributed by atoms with Gasteiger partial charge in [-0.05, 0) is 42.2 Å². The fourth-order valence-electron chi connectivity index (χ4n) is 3.17. The van der Waals surface area contributed by atoms with Crippen LogP contribution in [-0.4, -0.2) is 40.3 Å². The highest BCUT2D eigenvalue weighted by Crippen LogP contribution is 2.25. The Kier molecular flexibility index (Phi) is 7.40. The maximum atomic E-state index is 12.3. The van der Waals surface area contributed by atoms with Gasteiger partial charge in [0.05, 0.1) is 37.5 Å². The number of amides is 1. The van der Waals surface area contributed by atoms with E-state index >= 15 is 0 Å². The smallest absolute Gasteiger partial charge is 0.244 e. The van der Waals surface area contributed by atoms with Gasteiger partial charge in [-0.1, -0.05) is 43.3 Å². The summed E-state index contributed by atoms with van der Waals surface area (Å²) in [5, 5.41) is 12.4. The van der Waals surface area contributed by atoms with Gasteiger partial charge >= 0.3 is 0 Å². The van der Waals surface area contributed by atoms with Gasteiger partial charge in [0.15, 0.2) is 0 Å². The van der Waals surface area contributed by atoms with Crippen molar-refractivity contribution in [2.45, 2.75) is 25.8 Å². The van der Waals surface area contributed by atoms with Gasteiger partial charge in [-0.25, -0.2) is 4.98 Å². The van der Waals surface area contributed by atoms with Crippen LogP contribution in [0.25, 0.3) is 11.8 Å². The highest BCUT2D eigenvalue weighted by molar-refractivity contribution is 5.92. The van der Waals surface area contributed by atoms with E-state index in [1.807, 2.05) is 59.3 Å². The van der Waals surface area contributed by atoms with Crippen molar-refractivity contribution in [3.8, 4) is 11.4 Å². The number of carbonyl (C=O) groups is 1. The second-order valence-corrected chi connectivity index (χ2v) is 6.97. The molecule has 1 aromatic heterocycles. The van der Waals surface area contributed by atoms with Crippen LogP contribution < -0.4 is 10.1 Å². The molecule has 6 heteroatoms. The maximum absolute atomic E-state index is 12.3. The van der Waals surface area contributed by atoms with Gasteiger partial charge < -0.3 is 19.7 Å². The zero-order chi connectivity index (χ0) is 21.3. The van der Waals surface area contributed by atoms with E-state index in [0.29, 0.717) is 12.2 Å². The number of hydrogen-bond acceptors (Lipinski definition) is 4. The molecule has 0 fully saturated rings. The number of ether oxygens (including phenoxy) is 1. The molecular formula is C24H27N3O3. The van der Waals surface area contributed by atoms with Crippen molar-refractivity contribution in [2.24, 2.45) is 0 Å². The van der Waals surface area contributed by atoms with E-state index in [9.17, 15) is 9.90 Å². The highest BCUT2D eigenvalue weighted by atomic mass is 16.5. The second-order valence-electron chi connectivity index (χ2n) is 6.97. The van der Waals surface area contributed by atoms with Gasteiger partial charge in [0.2, 0.25) is 5.91 Å². The summed E-state index contributed by atoms with van der Waals surface area (Å²) in [4.78, 5) is 16.7. The Morgan fingerprint density at radius 1 is 1.27 bits per heavy atom. The molecule has 0 radical (unpaired) electrons. The molecule has 0 aliphatic rings. The first-order valence-electron chi connectivity index (χ1n) is 9.97. The van der Waals surface area contributed by atoms with Crippen molar-refractivity contribution in [1.29, 1.82) is 0 Å². The number of aromatic nitrogens is 2. The standard InChI is InChI=1S/C24H27N3O3/c1-3-20-15-27(17-25-20)22-11-9-19(14-23(22)30-2)10-12-24(29)26-21(16-28)13-18-7-5-4-6-8-18/h4-12,14-15,17,21,28H,3,13,16H2,1-2H3,(H,26,29)/t21-/m0/s1. The van der Waals surface area contributed by atoms with Gasteiger partial charge in [-0.3, -0.25) is 4.79 Å². The minimum Gasteiger partial charge on any atom is -0.495 e. The largest absolute Gasteiger partial charge is 0.495 e. The van der Waals surface area contributed by atoms with E-state index < -0.39 is 0 Å². The minimum atomic E-state index is -0.338. The summed E-state index contributed by atoms with van der Waals surface area (Å²) >= 11 is 0. The van der Waals surface area contributed by atoms with Crippen molar-refractivity contribution < 1.29 is 14.6 Å². The second kappa shape index (κ2) is 10.4. The molecular weight excluding hydrogens is 378 g/mol. The van der Waals surface area contributed by atoms with E-state index in [0.717, 1.165) is 28.9 Å². The third kappa shape index (κ3) is 5.58. The molecule has 1 amide bonds. The minimum absolute atomic E-state index is 0.123. The number of nitrogens with zero attached hydrogens (tertiary/aromatic N) is 2. The molecule has 0 bridgehead atoms. The molecule has 6 nitrogen and oxygen atoms in total. The fraction of sp³-hybridized carbons (Fsp3) is 0.250. The van der Waals surface area contributed by atoms with Crippen molar-refractivity contribution in [2.75, 3.05) is 13.7 Å². The number of aliphatic hydroxyl groups excluding tert-OH is 1. The topological polar surface area (TPSA) is 76.4 Å². The molecule has 1 heterocycles. The lowest BCUT2D eigenvalue weighted by atomic mass is 10.1. The molecule has 0 saturated heterocycles. The van der Waals surface area contributed by atoms with Crippen molar-refractivity contribution in [1.82, 2.24) is 14.9 Å². The molecule has 2 aromatic carbocycles. The quantitative estimate of drug-likeness (QED) is 0.536.